The number of allylic oxidation sites excluding steroid dienone is 1. The molecule has 6 aliphatic carbocycles. The predicted molar refractivity (Wildman–Crippen MR) is 169 cm³/mol. The number of nitrogens with zero attached hydrogens (tertiary/aromatic N) is 1. The molecule has 44 heavy (non-hydrogen) atoms. The molecule has 6 saturated carbocycles. The van der Waals surface area contributed by atoms with Crippen LogP contribution in [-0.4, -0.2) is 80.2 Å². The first-order valence-electron chi connectivity index (χ1n) is 19.3. The van der Waals surface area contributed by atoms with Crippen LogP contribution in [0.25, 0.3) is 0 Å². The standard InChI is InChI=1S/C38H59NO5/c1-3-8-27(9-4-1)12-7-21-41-37-17-18-38(42-22-23-43-38)35-36(37)19-20-39(25-28-13-14-28)32(37)24-30-15-16-31(34(44-35)33(30)36)40-26-29-10-5-2-6-11-29/h7,12,27-35H,1-6,8-11,13-26H2/b12-7+/t30?,31?,32?,33?,34?,35-,36+,37-/m1/s1. The minimum Gasteiger partial charge on any atom is -0.375 e. The van der Waals surface area contributed by atoms with Gasteiger partial charge in [0.15, 0.2) is 5.79 Å². The Morgan fingerprint density at radius 2 is 1.59 bits per heavy atom. The Labute approximate surface area is 266 Å². The Hall–Kier alpha value is -0.500. The SMILES string of the molecule is C(=C\C1CCCCC1)/CO[C@]12CCC3(OCCO3)[C@@H]3OC4C(OCC5CCCCC5)CCC5CC1N(CC1CC1)CC[C@]32C54. The zero-order valence-electron chi connectivity index (χ0n) is 27.3. The fraction of sp³-hybridized carbons (Fsp3) is 0.947. The second-order valence-electron chi connectivity index (χ2n) is 16.7. The van der Waals surface area contributed by atoms with Crippen molar-refractivity contribution in [3.8, 4) is 0 Å². The summed E-state index contributed by atoms with van der Waals surface area (Å²) in [5, 5.41) is 0. The Morgan fingerprint density at radius 1 is 0.795 bits per heavy atom. The number of hydrogen-bond donors (Lipinski definition) is 0. The van der Waals surface area contributed by atoms with Gasteiger partial charge in [0, 0.05) is 36.9 Å². The molecule has 3 aliphatic heterocycles. The summed E-state index contributed by atoms with van der Waals surface area (Å²) in [4.78, 5) is 2.91. The first kappa shape index (κ1) is 29.6. The minimum absolute atomic E-state index is 0.0594. The molecular weight excluding hydrogens is 550 g/mol. The van der Waals surface area contributed by atoms with Crippen molar-refractivity contribution in [2.75, 3.05) is 39.5 Å². The lowest BCUT2D eigenvalue weighted by Crippen LogP contribution is -2.80. The summed E-state index contributed by atoms with van der Waals surface area (Å²) < 4.78 is 35.3. The zero-order chi connectivity index (χ0) is 29.2. The van der Waals surface area contributed by atoms with Crippen molar-refractivity contribution in [1.29, 1.82) is 0 Å². The molecule has 2 bridgehead atoms. The van der Waals surface area contributed by atoms with Crippen molar-refractivity contribution < 1.29 is 23.7 Å². The second kappa shape index (κ2) is 11.9. The smallest absolute Gasteiger partial charge is 0.195 e. The third-order valence-electron chi connectivity index (χ3n) is 14.5. The molecule has 8 atom stereocenters. The molecule has 9 rings (SSSR count). The largest absolute Gasteiger partial charge is 0.375 e. The van der Waals surface area contributed by atoms with Gasteiger partial charge in [-0.1, -0.05) is 50.7 Å². The highest BCUT2D eigenvalue weighted by Gasteiger charge is 2.82. The summed E-state index contributed by atoms with van der Waals surface area (Å²) in [6.07, 6.45) is 28.5. The van der Waals surface area contributed by atoms with E-state index >= 15 is 0 Å². The molecular formula is C38H59NO5. The number of fused-ring (bicyclic) bond motifs is 1. The van der Waals surface area contributed by atoms with Gasteiger partial charge in [0.25, 0.3) is 0 Å². The van der Waals surface area contributed by atoms with Crippen molar-refractivity contribution in [3.63, 3.8) is 0 Å². The van der Waals surface area contributed by atoms with E-state index in [4.69, 9.17) is 23.7 Å². The van der Waals surface area contributed by atoms with Crippen LogP contribution in [0, 0.1) is 35.0 Å². The highest BCUT2D eigenvalue weighted by atomic mass is 16.8. The average Bonchev–Trinajstić information content (AvgIpc) is 3.63. The summed E-state index contributed by atoms with van der Waals surface area (Å²) in [5.41, 5.74) is -0.275. The van der Waals surface area contributed by atoms with Crippen molar-refractivity contribution in [3.05, 3.63) is 12.2 Å². The van der Waals surface area contributed by atoms with Gasteiger partial charge in [-0.3, -0.25) is 4.90 Å². The van der Waals surface area contributed by atoms with Gasteiger partial charge in [-0.05, 0) is 101 Å². The van der Waals surface area contributed by atoms with Gasteiger partial charge in [-0.2, -0.15) is 0 Å². The molecule has 6 nitrogen and oxygen atoms in total. The monoisotopic (exact) mass is 609 g/mol. The van der Waals surface area contributed by atoms with Crippen LogP contribution in [0.3, 0.4) is 0 Å². The van der Waals surface area contributed by atoms with Gasteiger partial charge in [0.05, 0.1) is 37.6 Å². The molecule has 0 amide bonds. The van der Waals surface area contributed by atoms with Crippen LogP contribution < -0.4 is 0 Å². The summed E-state index contributed by atoms with van der Waals surface area (Å²) in [5.74, 6) is 2.92. The van der Waals surface area contributed by atoms with E-state index in [0.717, 1.165) is 56.7 Å². The van der Waals surface area contributed by atoms with Crippen LogP contribution in [0.4, 0.5) is 0 Å². The van der Waals surface area contributed by atoms with E-state index in [0.29, 0.717) is 31.1 Å². The average molecular weight is 610 g/mol. The maximum atomic E-state index is 7.53. The second-order valence-corrected chi connectivity index (χ2v) is 16.7. The van der Waals surface area contributed by atoms with Gasteiger partial charge in [-0.15, -0.1) is 0 Å². The molecule has 6 heteroatoms. The lowest BCUT2D eigenvalue weighted by molar-refractivity contribution is -0.343. The minimum atomic E-state index is -0.610. The van der Waals surface area contributed by atoms with E-state index in [9.17, 15) is 0 Å². The summed E-state index contributed by atoms with van der Waals surface area (Å²) >= 11 is 0. The third kappa shape index (κ3) is 4.77. The van der Waals surface area contributed by atoms with Crippen molar-refractivity contribution in [1.82, 2.24) is 4.90 Å². The maximum absolute atomic E-state index is 7.53. The molecule has 9 aliphatic rings. The lowest BCUT2D eigenvalue weighted by Gasteiger charge is -2.70. The first-order chi connectivity index (χ1) is 21.7. The molecule has 0 radical (unpaired) electrons. The van der Waals surface area contributed by atoms with E-state index in [2.05, 4.69) is 17.1 Å². The van der Waals surface area contributed by atoms with E-state index in [1.807, 2.05) is 0 Å². The third-order valence-corrected chi connectivity index (χ3v) is 14.5. The van der Waals surface area contributed by atoms with Crippen LogP contribution >= 0.6 is 0 Å². The summed E-state index contributed by atoms with van der Waals surface area (Å²) in [6, 6.07) is 0.476. The van der Waals surface area contributed by atoms with E-state index < -0.39 is 5.79 Å². The molecule has 0 aromatic heterocycles. The van der Waals surface area contributed by atoms with Crippen molar-refractivity contribution in [2.45, 2.75) is 151 Å². The van der Waals surface area contributed by atoms with Crippen LogP contribution in [0.2, 0.25) is 0 Å². The Bertz CT molecular complexity index is 1040. The normalized spacial score (nSPS) is 45.7. The molecule has 5 unspecified atom stereocenters. The van der Waals surface area contributed by atoms with Crippen molar-refractivity contribution >= 4 is 0 Å². The molecule has 2 spiro atoms. The molecule has 246 valence electrons. The summed E-state index contributed by atoms with van der Waals surface area (Å²) in [6.45, 7) is 5.46. The van der Waals surface area contributed by atoms with Gasteiger partial charge >= 0.3 is 0 Å². The predicted octanol–water partition coefficient (Wildman–Crippen LogP) is 7.05. The maximum Gasteiger partial charge on any atom is 0.195 e. The quantitative estimate of drug-likeness (QED) is 0.261. The highest BCUT2D eigenvalue weighted by Crippen LogP contribution is 2.73. The molecule has 3 saturated heterocycles. The Balaban J connectivity index is 1.05. The summed E-state index contributed by atoms with van der Waals surface area (Å²) in [7, 11) is 0. The molecule has 0 N–H and O–H groups in total. The number of likely N-dealkylation sites (tertiary alicyclic amines) is 1. The fourth-order valence-corrected chi connectivity index (χ4v) is 12.4. The number of rotatable bonds is 9. The number of ether oxygens (including phenoxy) is 5. The lowest BCUT2D eigenvalue weighted by atomic mass is 9.42. The van der Waals surface area contributed by atoms with Gasteiger partial charge in [0.1, 0.15) is 6.10 Å². The van der Waals surface area contributed by atoms with Crippen molar-refractivity contribution in [2.24, 2.45) is 35.0 Å². The molecule has 9 fully saturated rings. The van der Waals surface area contributed by atoms with E-state index in [1.165, 1.54) is 103 Å². The van der Waals surface area contributed by atoms with Crippen LogP contribution in [0.15, 0.2) is 12.2 Å². The fourth-order valence-electron chi connectivity index (χ4n) is 12.4. The molecule has 3 heterocycles. The Kier molecular flexibility index (Phi) is 8.00. The van der Waals surface area contributed by atoms with Gasteiger partial charge < -0.3 is 23.7 Å². The van der Waals surface area contributed by atoms with E-state index in [1.54, 1.807) is 0 Å². The number of hydrogen-bond acceptors (Lipinski definition) is 6. The van der Waals surface area contributed by atoms with Crippen LogP contribution in [0.5, 0.6) is 0 Å². The molecule has 0 aromatic rings. The topological polar surface area (TPSA) is 49.4 Å². The zero-order valence-corrected chi connectivity index (χ0v) is 27.3. The molecule has 0 aromatic carbocycles. The van der Waals surface area contributed by atoms with Gasteiger partial charge in [0.2, 0.25) is 0 Å². The Morgan fingerprint density at radius 3 is 2.39 bits per heavy atom. The van der Waals surface area contributed by atoms with E-state index in [-0.39, 0.29) is 29.3 Å². The first-order valence-corrected chi connectivity index (χ1v) is 19.3. The number of piperidine rings is 1. The van der Waals surface area contributed by atoms with Crippen LogP contribution in [-0.2, 0) is 23.7 Å². The van der Waals surface area contributed by atoms with Crippen LogP contribution in [0.1, 0.15) is 116 Å². The van der Waals surface area contributed by atoms with Gasteiger partial charge in [-0.25, -0.2) is 0 Å². The highest BCUT2D eigenvalue weighted by molar-refractivity contribution is 5.29.